The fourth-order valence-electron chi connectivity index (χ4n) is 3.00. The Labute approximate surface area is 146 Å². The van der Waals surface area contributed by atoms with Crippen LogP contribution in [0.5, 0.6) is 5.75 Å². The van der Waals surface area contributed by atoms with E-state index in [1.807, 2.05) is 31.2 Å². The molecule has 1 aliphatic heterocycles. The van der Waals surface area contributed by atoms with Gasteiger partial charge in [0.1, 0.15) is 5.75 Å². The van der Waals surface area contributed by atoms with Crippen LogP contribution < -0.4 is 4.74 Å². The molecule has 2 heterocycles. The van der Waals surface area contributed by atoms with Crippen molar-refractivity contribution < 1.29 is 14.3 Å². The number of carbonyl (C=O) groups excluding carboxylic acids is 2. The topological polar surface area (TPSA) is 67.7 Å². The van der Waals surface area contributed by atoms with Crippen molar-refractivity contribution in [3.63, 3.8) is 0 Å². The van der Waals surface area contributed by atoms with Crippen molar-refractivity contribution in [2.75, 3.05) is 33.3 Å². The summed E-state index contributed by atoms with van der Waals surface area (Å²) in [6.07, 6.45) is 1.61. The lowest BCUT2D eigenvalue weighted by Crippen LogP contribution is -2.50. The van der Waals surface area contributed by atoms with Gasteiger partial charge in [0.25, 0.3) is 5.91 Å². The van der Waals surface area contributed by atoms with Crippen LogP contribution in [0.25, 0.3) is 5.69 Å². The molecule has 0 unspecified atom stereocenters. The van der Waals surface area contributed by atoms with Gasteiger partial charge in [0.05, 0.1) is 30.3 Å². The fourth-order valence-corrected chi connectivity index (χ4v) is 3.00. The van der Waals surface area contributed by atoms with Gasteiger partial charge in [-0.25, -0.2) is 4.68 Å². The minimum atomic E-state index is -0.0412. The van der Waals surface area contributed by atoms with Gasteiger partial charge in [0, 0.05) is 33.1 Å². The Balaban J connectivity index is 1.76. The molecule has 132 valence electrons. The van der Waals surface area contributed by atoms with Crippen molar-refractivity contribution >= 4 is 11.8 Å². The molecule has 1 aromatic heterocycles. The maximum Gasteiger partial charge on any atom is 0.257 e. The third-order valence-electron chi connectivity index (χ3n) is 4.57. The minimum absolute atomic E-state index is 0.0412. The number of aromatic nitrogens is 2. The summed E-state index contributed by atoms with van der Waals surface area (Å²) in [5.74, 6) is 0.782. The molecule has 1 aromatic carbocycles. The van der Waals surface area contributed by atoms with Gasteiger partial charge in [-0.1, -0.05) is 0 Å². The highest BCUT2D eigenvalue weighted by molar-refractivity contribution is 5.95. The summed E-state index contributed by atoms with van der Waals surface area (Å²) in [7, 11) is 1.62. The molecule has 0 bridgehead atoms. The number of ether oxygens (including phenoxy) is 1. The molecule has 7 heteroatoms. The predicted molar refractivity (Wildman–Crippen MR) is 93.0 cm³/mol. The zero-order valence-electron chi connectivity index (χ0n) is 14.7. The van der Waals surface area contributed by atoms with Crippen LogP contribution in [0.2, 0.25) is 0 Å². The van der Waals surface area contributed by atoms with E-state index >= 15 is 0 Å². The van der Waals surface area contributed by atoms with Gasteiger partial charge >= 0.3 is 0 Å². The number of methoxy groups -OCH3 is 1. The maximum absolute atomic E-state index is 12.8. The Kier molecular flexibility index (Phi) is 4.74. The number of piperazine rings is 1. The molecule has 0 N–H and O–H groups in total. The van der Waals surface area contributed by atoms with Crippen molar-refractivity contribution in [1.82, 2.24) is 19.6 Å². The van der Waals surface area contributed by atoms with Crippen molar-refractivity contribution in [2.24, 2.45) is 0 Å². The largest absolute Gasteiger partial charge is 0.497 e. The van der Waals surface area contributed by atoms with E-state index in [0.717, 1.165) is 17.1 Å². The van der Waals surface area contributed by atoms with E-state index in [1.54, 1.807) is 34.7 Å². The quantitative estimate of drug-likeness (QED) is 0.848. The lowest BCUT2D eigenvalue weighted by Gasteiger charge is -2.34. The molecule has 0 aliphatic carbocycles. The molecule has 0 saturated carbocycles. The van der Waals surface area contributed by atoms with Crippen molar-refractivity contribution in [3.8, 4) is 11.4 Å². The average Bonchev–Trinajstić information content (AvgIpc) is 3.02. The van der Waals surface area contributed by atoms with E-state index in [2.05, 4.69) is 5.10 Å². The molecule has 25 heavy (non-hydrogen) atoms. The van der Waals surface area contributed by atoms with E-state index in [4.69, 9.17) is 4.74 Å². The smallest absolute Gasteiger partial charge is 0.257 e. The minimum Gasteiger partial charge on any atom is -0.497 e. The molecule has 0 radical (unpaired) electrons. The Morgan fingerprint density at radius 3 is 2.20 bits per heavy atom. The molecule has 1 saturated heterocycles. The molecule has 2 aromatic rings. The first-order valence-electron chi connectivity index (χ1n) is 8.25. The van der Waals surface area contributed by atoms with Crippen LogP contribution in [0.1, 0.15) is 23.0 Å². The number of hydrogen-bond acceptors (Lipinski definition) is 4. The second-order valence-electron chi connectivity index (χ2n) is 6.05. The number of rotatable bonds is 3. The Bertz CT molecular complexity index is 774. The van der Waals surface area contributed by atoms with Crippen LogP contribution in [-0.4, -0.2) is 64.7 Å². The molecule has 0 atom stereocenters. The highest BCUT2D eigenvalue weighted by Gasteiger charge is 2.25. The van der Waals surface area contributed by atoms with Crippen molar-refractivity contribution in [1.29, 1.82) is 0 Å². The molecule has 0 spiro atoms. The van der Waals surface area contributed by atoms with Crippen LogP contribution in [0.3, 0.4) is 0 Å². The molecule has 1 fully saturated rings. The Hall–Kier alpha value is -2.83. The van der Waals surface area contributed by atoms with Gasteiger partial charge < -0.3 is 14.5 Å². The standard InChI is InChI=1S/C18H22N4O3/c1-13-17(18(24)21-10-8-20(9-11-21)14(2)23)12-19-22(13)15-4-6-16(25-3)7-5-15/h4-7,12H,8-11H2,1-3H3. The van der Waals surface area contributed by atoms with E-state index < -0.39 is 0 Å². The molecule has 3 rings (SSSR count). The van der Waals surface area contributed by atoms with Crippen LogP contribution in [0.4, 0.5) is 0 Å². The number of nitrogens with zero attached hydrogens (tertiary/aromatic N) is 4. The lowest BCUT2D eigenvalue weighted by molar-refractivity contribution is -0.130. The number of benzene rings is 1. The highest BCUT2D eigenvalue weighted by Crippen LogP contribution is 2.19. The lowest BCUT2D eigenvalue weighted by atomic mass is 10.2. The zero-order chi connectivity index (χ0) is 18.0. The number of carbonyl (C=O) groups is 2. The summed E-state index contributed by atoms with van der Waals surface area (Å²) in [5.41, 5.74) is 2.26. The van der Waals surface area contributed by atoms with E-state index in [0.29, 0.717) is 31.7 Å². The summed E-state index contributed by atoms with van der Waals surface area (Å²) < 4.78 is 6.91. The second-order valence-corrected chi connectivity index (χ2v) is 6.05. The van der Waals surface area contributed by atoms with Crippen molar-refractivity contribution in [3.05, 3.63) is 41.7 Å². The molecular formula is C18H22N4O3. The predicted octanol–water partition coefficient (Wildman–Crippen LogP) is 1.49. The van der Waals surface area contributed by atoms with Gasteiger partial charge in [-0.2, -0.15) is 5.10 Å². The van der Waals surface area contributed by atoms with Crippen molar-refractivity contribution in [2.45, 2.75) is 13.8 Å². The van der Waals surface area contributed by atoms with Gasteiger partial charge in [-0.3, -0.25) is 9.59 Å². The summed E-state index contributed by atoms with van der Waals surface area (Å²) in [6, 6.07) is 7.52. The monoisotopic (exact) mass is 342 g/mol. The number of hydrogen-bond donors (Lipinski definition) is 0. The number of amides is 2. The zero-order valence-corrected chi connectivity index (χ0v) is 14.7. The van der Waals surface area contributed by atoms with Gasteiger partial charge in [-0.05, 0) is 31.2 Å². The van der Waals surface area contributed by atoms with Gasteiger partial charge in [-0.15, -0.1) is 0 Å². The summed E-state index contributed by atoms with van der Waals surface area (Å²) in [4.78, 5) is 27.7. The SMILES string of the molecule is COc1ccc(-n2ncc(C(=O)N3CCN(C(C)=O)CC3)c2C)cc1. The van der Waals surface area contributed by atoms with Crippen LogP contribution in [0, 0.1) is 6.92 Å². The van der Waals surface area contributed by atoms with E-state index in [1.165, 1.54) is 0 Å². The Morgan fingerprint density at radius 1 is 1.04 bits per heavy atom. The fraction of sp³-hybridized carbons (Fsp3) is 0.389. The van der Waals surface area contributed by atoms with E-state index in [9.17, 15) is 9.59 Å². The van der Waals surface area contributed by atoms with Gasteiger partial charge in [0.15, 0.2) is 0 Å². The first-order chi connectivity index (χ1) is 12.0. The summed E-state index contributed by atoms with van der Waals surface area (Å²) in [5, 5.41) is 4.36. The third kappa shape index (κ3) is 3.35. The van der Waals surface area contributed by atoms with E-state index in [-0.39, 0.29) is 11.8 Å². The van der Waals surface area contributed by atoms with Crippen LogP contribution >= 0.6 is 0 Å². The molecule has 1 aliphatic rings. The molecule has 7 nitrogen and oxygen atoms in total. The van der Waals surface area contributed by atoms with Crippen LogP contribution in [0.15, 0.2) is 30.5 Å². The normalized spacial score (nSPS) is 14.5. The second kappa shape index (κ2) is 6.96. The molecule has 2 amide bonds. The highest BCUT2D eigenvalue weighted by atomic mass is 16.5. The Morgan fingerprint density at radius 2 is 1.64 bits per heavy atom. The average molecular weight is 342 g/mol. The van der Waals surface area contributed by atoms with Crippen LogP contribution in [-0.2, 0) is 4.79 Å². The third-order valence-corrected chi connectivity index (χ3v) is 4.57. The first kappa shape index (κ1) is 17.0. The first-order valence-corrected chi connectivity index (χ1v) is 8.25. The summed E-state index contributed by atoms with van der Waals surface area (Å²) >= 11 is 0. The maximum atomic E-state index is 12.8. The molecular weight excluding hydrogens is 320 g/mol. The summed E-state index contributed by atoms with van der Waals surface area (Å²) in [6.45, 7) is 5.69. The van der Waals surface area contributed by atoms with Gasteiger partial charge in [0.2, 0.25) is 5.91 Å².